The summed E-state index contributed by atoms with van der Waals surface area (Å²) in [5.74, 6) is -1.81. The normalized spacial score (nSPS) is 12.9. The molecule has 1 unspecified atom stereocenters. The molecule has 0 radical (unpaired) electrons. The monoisotopic (exact) mass is 346 g/mol. The van der Waals surface area contributed by atoms with Gasteiger partial charge in [-0.2, -0.15) is 0 Å². The van der Waals surface area contributed by atoms with Gasteiger partial charge in [-0.05, 0) is 13.3 Å². The number of carbonyl (C=O) groups is 1. The van der Waals surface area contributed by atoms with Crippen LogP contribution in [0.4, 0.5) is 0 Å². The molecule has 6 nitrogen and oxygen atoms in total. The lowest BCUT2D eigenvalue weighted by molar-refractivity contribution is -0.398. The Kier molecular flexibility index (Phi) is 12.8. The van der Waals surface area contributed by atoms with Gasteiger partial charge in [0, 0.05) is 26.9 Å². The molecule has 0 saturated carbocycles. The topological polar surface area (TPSA) is 63.2 Å². The molecule has 0 heterocycles. The van der Waals surface area contributed by atoms with Crippen molar-refractivity contribution in [3.63, 3.8) is 0 Å². The van der Waals surface area contributed by atoms with Crippen molar-refractivity contribution in [2.75, 3.05) is 28.1 Å². The van der Waals surface area contributed by atoms with E-state index in [1.807, 2.05) is 0 Å². The number of unbranched alkanes of at least 4 members (excludes halogenated alkanes) is 5. The second kappa shape index (κ2) is 13.4. The summed E-state index contributed by atoms with van der Waals surface area (Å²) >= 11 is 0. The van der Waals surface area contributed by atoms with E-state index in [0.29, 0.717) is 12.0 Å². The average Bonchev–Trinajstić information content (AvgIpc) is 2.58. The number of carbonyl (C=O) groups excluding carboxylic acids is 1. The number of ether oxygens (including phenoxy) is 5. The quantitative estimate of drug-likeness (QED) is 0.195. The fourth-order valence-corrected chi connectivity index (χ4v) is 2.41. The summed E-state index contributed by atoms with van der Waals surface area (Å²) in [5, 5.41) is 0. The summed E-state index contributed by atoms with van der Waals surface area (Å²) in [5.41, 5.74) is 0.322. The van der Waals surface area contributed by atoms with E-state index in [1.54, 1.807) is 6.92 Å². The first-order valence-corrected chi connectivity index (χ1v) is 8.57. The lowest BCUT2D eigenvalue weighted by atomic mass is 10.1. The van der Waals surface area contributed by atoms with Crippen LogP contribution in [0.2, 0.25) is 0 Å². The van der Waals surface area contributed by atoms with Crippen LogP contribution in [-0.2, 0) is 28.5 Å². The Hall–Kier alpha value is -0.950. The van der Waals surface area contributed by atoms with Crippen LogP contribution in [0, 0.1) is 0 Å². The van der Waals surface area contributed by atoms with Crippen molar-refractivity contribution < 1.29 is 28.5 Å². The van der Waals surface area contributed by atoms with E-state index >= 15 is 0 Å². The molecule has 1 atom stereocenters. The number of hydrogen-bond acceptors (Lipinski definition) is 6. The van der Waals surface area contributed by atoms with Crippen molar-refractivity contribution in [1.29, 1.82) is 0 Å². The zero-order valence-corrected chi connectivity index (χ0v) is 15.9. The summed E-state index contributed by atoms with van der Waals surface area (Å²) in [6.45, 7) is 7.10. The molecule has 0 aromatic rings. The third-order valence-corrected chi connectivity index (χ3v) is 3.88. The summed E-state index contributed by atoms with van der Waals surface area (Å²) in [6, 6.07) is 0. The molecular formula is C18H34O6. The molecule has 24 heavy (non-hydrogen) atoms. The van der Waals surface area contributed by atoms with Gasteiger partial charge < -0.3 is 23.7 Å². The van der Waals surface area contributed by atoms with Crippen LogP contribution in [0.25, 0.3) is 0 Å². The Morgan fingerprint density at radius 3 is 2.04 bits per heavy atom. The van der Waals surface area contributed by atoms with Gasteiger partial charge in [0.05, 0.1) is 0 Å². The van der Waals surface area contributed by atoms with Gasteiger partial charge in [-0.15, -0.1) is 0 Å². The number of methoxy groups -OCH3 is 3. The highest BCUT2D eigenvalue weighted by molar-refractivity contribution is 5.86. The van der Waals surface area contributed by atoms with Crippen LogP contribution in [-0.4, -0.2) is 46.2 Å². The standard InChI is InChI=1S/C18H34O6/c1-7-8-9-10-11-12-13-16(18(20-4,21-5)22-6)23-14-24-17(19)15(2)3/h16H,2,7-14H2,1,3-6H3. The molecule has 0 aliphatic rings. The zero-order chi connectivity index (χ0) is 18.4. The van der Waals surface area contributed by atoms with Crippen LogP contribution in [0.3, 0.4) is 0 Å². The highest BCUT2D eigenvalue weighted by atomic mass is 16.9. The molecule has 0 aromatic carbocycles. The first-order valence-electron chi connectivity index (χ1n) is 8.57. The number of rotatable bonds is 15. The molecule has 0 N–H and O–H groups in total. The minimum absolute atomic E-state index is 0.204. The van der Waals surface area contributed by atoms with E-state index in [4.69, 9.17) is 23.7 Å². The fourth-order valence-electron chi connectivity index (χ4n) is 2.41. The predicted molar refractivity (Wildman–Crippen MR) is 92.4 cm³/mol. The van der Waals surface area contributed by atoms with Crippen molar-refractivity contribution in [1.82, 2.24) is 0 Å². The molecule has 0 bridgehead atoms. The minimum Gasteiger partial charge on any atom is -0.435 e. The second-order valence-electron chi connectivity index (χ2n) is 5.76. The van der Waals surface area contributed by atoms with Crippen LogP contribution in [0.15, 0.2) is 12.2 Å². The highest BCUT2D eigenvalue weighted by Gasteiger charge is 2.41. The molecule has 0 amide bonds. The van der Waals surface area contributed by atoms with E-state index in [0.717, 1.165) is 12.8 Å². The fraction of sp³-hybridized carbons (Fsp3) is 0.833. The zero-order valence-electron chi connectivity index (χ0n) is 15.9. The highest BCUT2D eigenvalue weighted by Crippen LogP contribution is 2.25. The van der Waals surface area contributed by atoms with E-state index in [1.165, 1.54) is 47.0 Å². The van der Waals surface area contributed by atoms with Crippen molar-refractivity contribution in [3.05, 3.63) is 12.2 Å². The van der Waals surface area contributed by atoms with Crippen molar-refractivity contribution in [3.8, 4) is 0 Å². The molecular weight excluding hydrogens is 312 g/mol. The largest absolute Gasteiger partial charge is 0.435 e. The molecule has 0 aliphatic carbocycles. The Bertz CT molecular complexity index is 343. The van der Waals surface area contributed by atoms with Crippen molar-refractivity contribution in [2.45, 2.75) is 70.9 Å². The van der Waals surface area contributed by atoms with E-state index in [2.05, 4.69) is 13.5 Å². The van der Waals surface area contributed by atoms with Crippen LogP contribution >= 0.6 is 0 Å². The molecule has 142 valence electrons. The van der Waals surface area contributed by atoms with E-state index in [9.17, 15) is 4.79 Å². The summed E-state index contributed by atoms with van der Waals surface area (Å²) in [4.78, 5) is 11.4. The molecule has 6 heteroatoms. The third-order valence-electron chi connectivity index (χ3n) is 3.88. The van der Waals surface area contributed by atoms with Crippen molar-refractivity contribution >= 4 is 5.97 Å². The minimum atomic E-state index is -1.32. The van der Waals surface area contributed by atoms with Gasteiger partial charge in [0.1, 0.15) is 6.10 Å². The van der Waals surface area contributed by atoms with E-state index in [-0.39, 0.29) is 6.79 Å². The lowest BCUT2D eigenvalue weighted by Crippen LogP contribution is -2.49. The Morgan fingerprint density at radius 1 is 1.00 bits per heavy atom. The van der Waals surface area contributed by atoms with Gasteiger partial charge in [-0.1, -0.05) is 52.0 Å². The predicted octanol–water partition coefficient (Wildman–Crippen LogP) is 3.79. The molecule has 0 fully saturated rings. The summed E-state index contributed by atoms with van der Waals surface area (Å²) in [6.07, 6.45) is 7.11. The maximum atomic E-state index is 11.4. The Labute approximate surface area is 146 Å². The molecule has 0 rings (SSSR count). The first-order chi connectivity index (χ1) is 11.5. The van der Waals surface area contributed by atoms with Gasteiger partial charge in [0.15, 0.2) is 6.79 Å². The molecule has 0 saturated heterocycles. The van der Waals surface area contributed by atoms with Crippen LogP contribution in [0.1, 0.15) is 58.8 Å². The number of esters is 1. The lowest BCUT2D eigenvalue weighted by Gasteiger charge is -2.35. The molecule has 0 aromatic heterocycles. The SMILES string of the molecule is C=C(C)C(=O)OCOC(CCCCCCCC)C(OC)(OC)OC. The number of hydrogen-bond donors (Lipinski definition) is 0. The average molecular weight is 346 g/mol. The second-order valence-corrected chi connectivity index (χ2v) is 5.76. The first kappa shape index (κ1) is 23.1. The smallest absolute Gasteiger partial charge is 0.335 e. The molecule has 0 spiro atoms. The van der Waals surface area contributed by atoms with Gasteiger partial charge in [0.25, 0.3) is 0 Å². The maximum Gasteiger partial charge on any atom is 0.335 e. The van der Waals surface area contributed by atoms with Crippen LogP contribution in [0.5, 0.6) is 0 Å². The Morgan fingerprint density at radius 2 is 1.54 bits per heavy atom. The summed E-state index contributed by atoms with van der Waals surface area (Å²) < 4.78 is 26.8. The van der Waals surface area contributed by atoms with Gasteiger partial charge in [-0.3, -0.25) is 0 Å². The van der Waals surface area contributed by atoms with Gasteiger partial charge in [-0.25, -0.2) is 4.79 Å². The van der Waals surface area contributed by atoms with E-state index < -0.39 is 18.0 Å². The summed E-state index contributed by atoms with van der Waals surface area (Å²) in [7, 11) is 4.47. The van der Waals surface area contributed by atoms with Crippen molar-refractivity contribution in [2.24, 2.45) is 0 Å². The molecule has 0 aliphatic heterocycles. The Balaban J connectivity index is 4.54. The third kappa shape index (κ3) is 8.24. The van der Waals surface area contributed by atoms with Gasteiger partial charge in [0.2, 0.25) is 0 Å². The van der Waals surface area contributed by atoms with Crippen LogP contribution < -0.4 is 0 Å². The van der Waals surface area contributed by atoms with Gasteiger partial charge >= 0.3 is 11.9 Å². The maximum absolute atomic E-state index is 11.4.